The third kappa shape index (κ3) is 3.58. The van der Waals surface area contributed by atoms with Gasteiger partial charge in [0.2, 0.25) is 5.88 Å². The minimum atomic E-state index is 0.645. The van der Waals surface area contributed by atoms with Crippen molar-refractivity contribution >= 4 is 10.8 Å². The van der Waals surface area contributed by atoms with E-state index in [9.17, 15) is 0 Å². The zero-order chi connectivity index (χ0) is 17.9. The quantitative estimate of drug-likeness (QED) is 0.654. The van der Waals surface area contributed by atoms with Gasteiger partial charge in [0, 0.05) is 30.4 Å². The SMILES string of the molecule is COc1ccc(-c2ccc3cc(CCN4CCC[C@H]4C)ccc3c2)cn1. The normalized spacial score (nSPS) is 17.7. The number of rotatable bonds is 5. The van der Waals surface area contributed by atoms with E-state index in [1.54, 1.807) is 7.11 Å². The number of aromatic nitrogens is 1. The molecule has 3 nitrogen and oxygen atoms in total. The lowest BCUT2D eigenvalue weighted by molar-refractivity contribution is 0.272. The second kappa shape index (κ2) is 7.46. The fraction of sp³-hybridized carbons (Fsp3) is 0.348. The highest BCUT2D eigenvalue weighted by molar-refractivity contribution is 5.87. The lowest BCUT2D eigenvalue weighted by Crippen LogP contribution is -2.28. The minimum Gasteiger partial charge on any atom is -0.481 e. The largest absolute Gasteiger partial charge is 0.481 e. The molecule has 0 N–H and O–H groups in total. The van der Waals surface area contributed by atoms with Crippen LogP contribution in [0, 0.1) is 0 Å². The van der Waals surface area contributed by atoms with Crippen LogP contribution in [-0.4, -0.2) is 36.1 Å². The Balaban J connectivity index is 1.52. The van der Waals surface area contributed by atoms with Gasteiger partial charge >= 0.3 is 0 Å². The van der Waals surface area contributed by atoms with Crippen LogP contribution >= 0.6 is 0 Å². The summed E-state index contributed by atoms with van der Waals surface area (Å²) in [5.74, 6) is 0.645. The highest BCUT2D eigenvalue weighted by atomic mass is 16.5. The van der Waals surface area contributed by atoms with Gasteiger partial charge in [0.05, 0.1) is 7.11 Å². The summed E-state index contributed by atoms with van der Waals surface area (Å²) < 4.78 is 5.14. The molecule has 1 fully saturated rings. The highest BCUT2D eigenvalue weighted by Gasteiger charge is 2.19. The van der Waals surface area contributed by atoms with Crippen LogP contribution in [0.2, 0.25) is 0 Å². The molecular formula is C23H26N2O. The van der Waals surface area contributed by atoms with Crippen LogP contribution in [0.3, 0.4) is 0 Å². The van der Waals surface area contributed by atoms with Crippen molar-refractivity contribution in [3.05, 3.63) is 60.3 Å². The van der Waals surface area contributed by atoms with E-state index >= 15 is 0 Å². The molecule has 2 heterocycles. The fourth-order valence-electron chi connectivity index (χ4n) is 3.90. The van der Waals surface area contributed by atoms with Gasteiger partial charge in [-0.15, -0.1) is 0 Å². The molecule has 0 bridgehead atoms. The Bertz CT molecular complexity index is 888. The maximum absolute atomic E-state index is 5.14. The molecule has 1 atom stereocenters. The maximum Gasteiger partial charge on any atom is 0.212 e. The van der Waals surface area contributed by atoms with E-state index < -0.39 is 0 Å². The second-order valence-electron chi connectivity index (χ2n) is 7.26. The lowest BCUT2D eigenvalue weighted by atomic mass is 10.00. The Morgan fingerprint density at radius 1 is 1.04 bits per heavy atom. The van der Waals surface area contributed by atoms with Crippen LogP contribution in [0.5, 0.6) is 5.88 Å². The van der Waals surface area contributed by atoms with Crippen LogP contribution in [0.4, 0.5) is 0 Å². The van der Waals surface area contributed by atoms with Gasteiger partial charge in [-0.25, -0.2) is 4.98 Å². The van der Waals surface area contributed by atoms with E-state index in [2.05, 4.69) is 59.3 Å². The van der Waals surface area contributed by atoms with Crippen LogP contribution in [-0.2, 0) is 6.42 Å². The monoisotopic (exact) mass is 346 g/mol. The minimum absolute atomic E-state index is 0.645. The predicted octanol–water partition coefficient (Wildman–Crippen LogP) is 4.94. The van der Waals surface area contributed by atoms with E-state index in [4.69, 9.17) is 4.74 Å². The molecule has 1 aromatic heterocycles. The Morgan fingerprint density at radius 3 is 2.58 bits per heavy atom. The van der Waals surface area contributed by atoms with Gasteiger partial charge in [0.25, 0.3) is 0 Å². The number of benzene rings is 2. The van der Waals surface area contributed by atoms with Gasteiger partial charge in [-0.1, -0.05) is 30.3 Å². The molecule has 1 saturated heterocycles. The molecule has 0 amide bonds. The van der Waals surface area contributed by atoms with Gasteiger partial charge in [0.1, 0.15) is 0 Å². The fourth-order valence-corrected chi connectivity index (χ4v) is 3.90. The van der Waals surface area contributed by atoms with E-state index in [0.717, 1.165) is 18.0 Å². The van der Waals surface area contributed by atoms with Crippen molar-refractivity contribution in [2.75, 3.05) is 20.2 Å². The summed E-state index contributed by atoms with van der Waals surface area (Å²) in [4.78, 5) is 6.92. The molecule has 0 aliphatic carbocycles. The first-order valence-corrected chi connectivity index (χ1v) is 9.50. The first-order chi connectivity index (χ1) is 12.7. The van der Waals surface area contributed by atoms with E-state index in [0.29, 0.717) is 5.88 Å². The average molecular weight is 346 g/mol. The molecule has 0 unspecified atom stereocenters. The zero-order valence-electron chi connectivity index (χ0n) is 15.6. The molecule has 4 rings (SSSR count). The van der Waals surface area contributed by atoms with Crippen molar-refractivity contribution in [1.29, 1.82) is 0 Å². The molecule has 2 aromatic carbocycles. The Morgan fingerprint density at radius 2 is 1.85 bits per heavy atom. The maximum atomic E-state index is 5.14. The summed E-state index contributed by atoms with van der Waals surface area (Å²) in [6.07, 6.45) is 5.69. The molecule has 26 heavy (non-hydrogen) atoms. The van der Waals surface area contributed by atoms with Crippen molar-refractivity contribution in [2.24, 2.45) is 0 Å². The van der Waals surface area contributed by atoms with Gasteiger partial charge < -0.3 is 9.64 Å². The van der Waals surface area contributed by atoms with Crippen molar-refractivity contribution < 1.29 is 4.74 Å². The number of hydrogen-bond donors (Lipinski definition) is 0. The molecule has 134 valence electrons. The number of ether oxygens (including phenoxy) is 1. The summed E-state index contributed by atoms with van der Waals surface area (Å²) in [6.45, 7) is 4.78. The number of fused-ring (bicyclic) bond motifs is 1. The molecular weight excluding hydrogens is 320 g/mol. The van der Waals surface area contributed by atoms with E-state index in [1.165, 1.54) is 47.8 Å². The first kappa shape index (κ1) is 17.0. The van der Waals surface area contributed by atoms with E-state index in [-0.39, 0.29) is 0 Å². The number of methoxy groups -OCH3 is 1. The Labute approximate surface area is 155 Å². The van der Waals surface area contributed by atoms with Crippen molar-refractivity contribution in [1.82, 2.24) is 9.88 Å². The first-order valence-electron chi connectivity index (χ1n) is 9.50. The molecule has 3 heteroatoms. The number of pyridine rings is 1. The predicted molar refractivity (Wildman–Crippen MR) is 108 cm³/mol. The molecule has 0 spiro atoms. The molecule has 1 aliphatic heterocycles. The van der Waals surface area contributed by atoms with Crippen LogP contribution in [0.1, 0.15) is 25.3 Å². The third-order valence-electron chi connectivity index (χ3n) is 5.56. The average Bonchev–Trinajstić information content (AvgIpc) is 3.10. The summed E-state index contributed by atoms with van der Waals surface area (Å²) in [6, 6.07) is 18.2. The van der Waals surface area contributed by atoms with Crippen LogP contribution in [0.25, 0.3) is 21.9 Å². The van der Waals surface area contributed by atoms with Crippen molar-refractivity contribution in [2.45, 2.75) is 32.2 Å². The topological polar surface area (TPSA) is 25.4 Å². The number of hydrogen-bond acceptors (Lipinski definition) is 3. The molecule has 0 radical (unpaired) electrons. The third-order valence-corrected chi connectivity index (χ3v) is 5.56. The van der Waals surface area contributed by atoms with Crippen molar-refractivity contribution in [3.8, 4) is 17.0 Å². The van der Waals surface area contributed by atoms with Crippen molar-refractivity contribution in [3.63, 3.8) is 0 Å². The molecule has 3 aromatic rings. The van der Waals surface area contributed by atoms with Crippen LogP contribution < -0.4 is 4.74 Å². The Kier molecular flexibility index (Phi) is 4.89. The van der Waals surface area contributed by atoms with Gasteiger partial charge in [-0.2, -0.15) is 0 Å². The van der Waals surface area contributed by atoms with E-state index in [1.807, 2.05) is 12.3 Å². The lowest BCUT2D eigenvalue weighted by Gasteiger charge is -2.20. The van der Waals surface area contributed by atoms with Crippen LogP contribution in [0.15, 0.2) is 54.7 Å². The zero-order valence-corrected chi connectivity index (χ0v) is 15.6. The van der Waals surface area contributed by atoms with Gasteiger partial charge in [-0.05, 0) is 66.8 Å². The highest BCUT2D eigenvalue weighted by Crippen LogP contribution is 2.26. The van der Waals surface area contributed by atoms with Gasteiger partial charge in [0.15, 0.2) is 0 Å². The number of likely N-dealkylation sites (tertiary alicyclic amines) is 1. The Hall–Kier alpha value is -2.39. The molecule has 0 saturated carbocycles. The summed E-state index contributed by atoms with van der Waals surface area (Å²) in [5, 5.41) is 2.58. The van der Waals surface area contributed by atoms with Gasteiger partial charge in [-0.3, -0.25) is 0 Å². The molecule has 1 aliphatic rings. The summed E-state index contributed by atoms with van der Waals surface area (Å²) >= 11 is 0. The number of nitrogens with zero attached hydrogens (tertiary/aromatic N) is 2. The standard InChI is InChI=1S/C23H26N2O/c1-17-4-3-12-25(17)13-11-18-5-6-20-15-21(8-7-19(20)14-18)22-9-10-23(26-2)24-16-22/h5-10,14-17H,3-4,11-13H2,1-2H3/t17-/m1/s1. The smallest absolute Gasteiger partial charge is 0.212 e. The summed E-state index contributed by atoms with van der Waals surface area (Å²) in [5.41, 5.74) is 3.72. The second-order valence-corrected chi connectivity index (χ2v) is 7.26. The summed E-state index contributed by atoms with van der Waals surface area (Å²) in [7, 11) is 1.64.